The van der Waals surface area contributed by atoms with Gasteiger partial charge in [-0.2, -0.15) is 0 Å². The first kappa shape index (κ1) is 10.6. The molecule has 1 aromatic rings. The van der Waals surface area contributed by atoms with Gasteiger partial charge < -0.3 is 5.32 Å². The molecule has 4 nitrogen and oxygen atoms in total. The molecular formula is C9H6Br2N2O2. The Morgan fingerprint density at radius 1 is 1.13 bits per heavy atom. The number of benzene rings is 1. The zero-order valence-electron chi connectivity index (χ0n) is 7.46. The molecule has 1 N–H and O–H groups in total. The highest BCUT2D eigenvalue weighted by molar-refractivity contribution is 9.11. The van der Waals surface area contributed by atoms with Gasteiger partial charge in [0.05, 0.1) is 12.2 Å². The van der Waals surface area contributed by atoms with Crippen LogP contribution in [-0.2, 0) is 4.79 Å². The third-order valence-electron chi connectivity index (χ3n) is 1.95. The van der Waals surface area contributed by atoms with Crippen molar-refractivity contribution in [3.63, 3.8) is 0 Å². The van der Waals surface area contributed by atoms with Gasteiger partial charge >= 0.3 is 6.03 Å². The summed E-state index contributed by atoms with van der Waals surface area (Å²) in [5.74, 6) is -0.245. The van der Waals surface area contributed by atoms with Gasteiger partial charge in [0, 0.05) is 8.95 Å². The maximum absolute atomic E-state index is 11.4. The van der Waals surface area contributed by atoms with Crippen molar-refractivity contribution in [3.8, 4) is 0 Å². The summed E-state index contributed by atoms with van der Waals surface area (Å²) in [5, 5.41) is 2.46. The lowest BCUT2D eigenvalue weighted by Gasteiger charge is -2.12. The number of carbonyl (C=O) groups excluding carboxylic acids is 2. The van der Waals surface area contributed by atoms with Gasteiger partial charge in [-0.05, 0) is 18.2 Å². The van der Waals surface area contributed by atoms with E-state index in [4.69, 9.17) is 0 Å². The molecule has 78 valence electrons. The molecule has 0 saturated carbocycles. The summed E-state index contributed by atoms with van der Waals surface area (Å²) in [7, 11) is 0. The van der Waals surface area contributed by atoms with Gasteiger partial charge in [-0.3, -0.25) is 4.79 Å². The van der Waals surface area contributed by atoms with E-state index >= 15 is 0 Å². The van der Waals surface area contributed by atoms with Gasteiger partial charge in [-0.15, -0.1) is 0 Å². The minimum atomic E-state index is -0.384. The first-order valence-electron chi connectivity index (χ1n) is 4.15. The smallest absolute Gasteiger partial charge is 0.328 e. The molecule has 2 rings (SSSR count). The molecule has 3 amide bonds. The summed E-state index contributed by atoms with van der Waals surface area (Å²) in [6.07, 6.45) is 0. The zero-order chi connectivity index (χ0) is 11.0. The number of amides is 3. The Kier molecular flexibility index (Phi) is 2.79. The van der Waals surface area contributed by atoms with Crippen molar-refractivity contribution in [2.45, 2.75) is 0 Å². The molecule has 1 aliphatic rings. The first-order valence-corrected chi connectivity index (χ1v) is 5.73. The minimum Gasteiger partial charge on any atom is -0.328 e. The number of carbonyl (C=O) groups is 2. The summed E-state index contributed by atoms with van der Waals surface area (Å²) in [6, 6.07) is 4.88. The monoisotopic (exact) mass is 332 g/mol. The van der Waals surface area contributed by atoms with E-state index in [1.54, 1.807) is 12.1 Å². The summed E-state index contributed by atoms with van der Waals surface area (Å²) in [5.41, 5.74) is 0.552. The lowest BCUT2D eigenvalue weighted by molar-refractivity contribution is -0.115. The topological polar surface area (TPSA) is 49.4 Å². The molecule has 0 aliphatic carbocycles. The van der Waals surface area contributed by atoms with Crippen molar-refractivity contribution >= 4 is 49.5 Å². The zero-order valence-corrected chi connectivity index (χ0v) is 10.6. The fourth-order valence-corrected chi connectivity index (χ4v) is 2.62. The van der Waals surface area contributed by atoms with Crippen LogP contribution in [0.2, 0.25) is 0 Å². The number of halogens is 2. The van der Waals surface area contributed by atoms with E-state index < -0.39 is 0 Å². The molecule has 0 radical (unpaired) electrons. The number of anilines is 1. The van der Waals surface area contributed by atoms with E-state index in [-0.39, 0.29) is 18.5 Å². The van der Waals surface area contributed by atoms with Crippen LogP contribution in [0.3, 0.4) is 0 Å². The summed E-state index contributed by atoms with van der Waals surface area (Å²) in [4.78, 5) is 23.9. The molecule has 0 atom stereocenters. The second kappa shape index (κ2) is 3.94. The van der Waals surface area contributed by atoms with Crippen LogP contribution < -0.4 is 10.2 Å². The second-order valence-electron chi connectivity index (χ2n) is 3.02. The third kappa shape index (κ3) is 2.05. The van der Waals surface area contributed by atoms with Crippen LogP contribution in [0.15, 0.2) is 27.1 Å². The minimum absolute atomic E-state index is 0.0585. The molecule has 0 aromatic heterocycles. The highest BCUT2D eigenvalue weighted by Crippen LogP contribution is 2.27. The average molecular weight is 334 g/mol. The number of nitrogens with one attached hydrogen (secondary N) is 1. The molecule has 0 spiro atoms. The normalized spacial score (nSPS) is 15.7. The van der Waals surface area contributed by atoms with Crippen LogP contribution >= 0.6 is 31.9 Å². The predicted molar refractivity (Wildman–Crippen MR) is 62.7 cm³/mol. The quantitative estimate of drug-likeness (QED) is 0.801. The van der Waals surface area contributed by atoms with E-state index in [1.165, 1.54) is 0 Å². The van der Waals surface area contributed by atoms with Gasteiger partial charge in [-0.1, -0.05) is 31.9 Å². The van der Waals surface area contributed by atoms with Crippen LogP contribution in [0.4, 0.5) is 10.5 Å². The fraction of sp³-hybridized carbons (Fsp3) is 0.111. The maximum atomic E-state index is 11.4. The molecule has 6 heteroatoms. The van der Waals surface area contributed by atoms with E-state index in [2.05, 4.69) is 37.2 Å². The van der Waals surface area contributed by atoms with Crippen LogP contribution in [0.5, 0.6) is 0 Å². The predicted octanol–water partition coefficient (Wildman–Crippen LogP) is 2.27. The Morgan fingerprint density at radius 2 is 1.73 bits per heavy atom. The molecular weight excluding hydrogens is 328 g/mol. The van der Waals surface area contributed by atoms with E-state index in [0.717, 1.165) is 13.8 Å². The van der Waals surface area contributed by atoms with Crippen LogP contribution in [0, 0.1) is 0 Å². The SMILES string of the molecule is O=C1CNC(=O)N1c1cc(Br)cc(Br)c1. The van der Waals surface area contributed by atoms with Crippen LogP contribution in [0.1, 0.15) is 0 Å². The van der Waals surface area contributed by atoms with Gasteiger partial charge in [-0.25, -0.2) is 9.69 Å². The van der Waals surface area contributed by atoms with Crippen molar-refractivity contribution in [2.24, 2.45) is 0 Å². The van der Waals surface area contributed by atoms with Gasteiger partial charge in [0.2, 0.25) is 0 Å². The fourth-order valence-electron chi connectivity index (χ4n) is 1.35. The van der Waals surface area contributed by atoms with Crippen molar-refractivity contribution in [2.75, 3.05) is 11.4 Å². The highest BCUT2D eigenvalue weighted by Gasteiger charge is 2.30. The van der Waals surface area contributed by atoms with Gasteiger partial charge in [0.25, 0.3) is 5.91 Å². The number of rotatable bonds is 1. The summed E-state index contributed by atoms with van der Waals surface area (Å²) < 4.78 is 1.61. The third-order valence-corrected chi connectivity index (χ3v) is 2.86. The van der Waals surface area contributed by atoms with Crippen molar-refractivity contribution < 1.29 is 9.59 Å². The molecule has 1 fully saturated rings. The lowest BCUT2D eigenvalue weighted by Crippen LogP contribution is -2.30. The van der Waals surface area contributed by atoms with Crippen molar-refractivity contribution in [3.05, 3.63) is 27.1 Å². The standard InChI is InChI=1S/C9H6Br2N2O2/c10-5-1-6(11)3-7(2-5)13-8(14)4-12-9(13)15/h1-3H,4H2,(H,12,15). The molecule has 0 bridgehead atoms. The maximum Gasteiger partial charge on any atom is 0.329 e. The first-order chi connectivity index (χ1) is 7.08. The Bertz CT molecular complexity index is 411. The number of urea groups is 1. The molecule has 1 aliphatic heterocycles. The van der Waals surface area contributed by atoms with Gasteiger partial charge in [0.1, 0.15) is 0 Å². The molecule has 0 unspecified atom stereocenters. The largest absolute Gasteiger partial charge is 0.329 e. The Balaban J connectivity index is 2.44. The average Bonchev–Trinajstić information content (AvgIpc) is 2.44. The Labute approximate surface area is 103 Å². The highest BCUT2D eigenvalue weighted by atomic mass is 79.9. The Morgan fingerprint density at radius 3 is 2.20 bits per heavy atom. The number of hydrogen-bond donors (Lipinski definition) is 1. The molecule has 1 aromatic carbocycles. The molecule has 1 heterocycles. The van der Waals surface area contributed by atoms with E-state index in [0.29, 0.717) is 5.69 Å². The number of nitrogens with zero attached hydrogens (tertiary/aromatic N) is 1. The molecule has 1 saturated heterocycles. The second-order valence-corrected chi connectivity index (χ2v) is 4.85. The van der Waals surface area contributed by atoms with Gasteiger partial charge in [0.15, 0.2) is 0 Å². The van der Waals surface area contributed by atoms with E-state index in [9.17, 15) is 9.59 Å². The Hall–Kier alpha value is -0.880. The van der Waals surface area contributed by atoms with Crippen molar-refractivity contribution in [1.82, 2.24) is 5.32 Å². The lowest BCUT2D eigenvalue weighted by atomic mass is 10.3. The van der Waals surface area contributed by atoms with E-state index in [1.807, 2.05) is 6.07 Å². The summed E-state index contributed by atoms with van der Waals surface area (Å²) >= 11 is 6.60. The summed E-state index contributed by atoms with van der Waals surface area (Å²) in [6.45, 7) is 0.0585. The van der Waals surface area contributed by atoms with Crippen LogP contribution in [-0.4, -0.2) is 18.5 Å². The molecule has 15 heavy (non-hydrogen) atoms. The van der Waals surface area contributed by atoms with Crippen molar-refractivity contribution in [1.29, 1.82) is 0 Å². The van der Waals surface area contributed by atoms with Crippen LogP contribution in [0.25, 0.3) is 0 Å². The number of hydrogen-bond acceptors (Lipinski definition) is 2. The number of imide groups is 1.